The SMILES string of the molecule is CS(=O)(=O)CCn1nc(C(F)(F)F)c2cc(C(=O)O)sc21. The van der Waals surface area contributed by atoms with Crippen LogP contribution in [0.25, 0.3) is 10.2 Å². The summed E-state index contributed by atoms with van der Waals surface area (Å²) in [5.41, 5.74) is -1.21. The number of aromatic nitrogens is 2. The minimum Gasteiger partial charge on any atom is -0.477 e. The Morgan fingerprint density at radius 1 is 1.48 bits per heavy atom. The van der Waals surface area contributed by atoms with Gasteiger partial charge in [0, 0.05) is 11.6 Å². The molecule has 0 radical (unpaired) electrons. The minimum absolute atomic E-state index is 0.0108. The molecular formula is C10H9F3N2O4S2. The highest BCUT2D eigenvalue weighted by Crippen LogP contribution is 2.37. The molecule has 0 unspecified atom stereocenters. The van der Waals surface area contributed by atoms with E-state index in [-0.39, 0.29) is 27.4 Å². The Morgan fingerprint density at radius 3 is 2.57 bits per heavy atom. The number of carboxylic acid groups (broad SMARTS) is 1. The van der Waals surface area contributed by atoms with Crippen molar-refractivity contribution in [2.24, 2.45) is 0 Å². The van der Waals surface area contributed by atoms with Crippen LogP contribution in [0.2, 0.25) is 0 Å². The number of aromatic carboxylic acids is 1. The van der Waals surface area contributed by atoms with Crippen LogP contribution in [0.5, 0.6) is 0 Å². The predicted molar refractivity (Wildman–Crippen MR) is 69.3 cm³/mol. The van der Waals surface area contributed by atoms with E-state index in [0.717, 1.165) is 17.0 Å². The number of thiophene rings is 1. The molecule has 2 heterocycles. The number of sulfone groups is 1. The van der Waals surface area contributed by atoms with Crippen LogP contribution in [0, 0.1) is 0 Å². The summed E-state index contributed by atoms with van der Waals surface area (Å²) in [6.45, 7) is -0.273. The number of rotatable bonds is 4. The molecule has 0 spiro atoms. The molecular weight excluding hydrogens is 333 g/mol. The minimum atomic E-state index is -4.74. The van der Waals surface area contributed by atoms with Crippen LogP contribution in [0.15, 0.2) is 6.07 Å². The molecule has 21 heavy (non-hydrogen) atoms. The molecule has 0 aliphatic rings. The summed E-state index contributed by atoms with van der Waals surface area (Å²) < 4.78 is 61.7. The average Bonchev–Trinajstić information content (AvgIpc) is 2.81. The Hall–Kier alpha value is -1.62. The molecule has 0 bridgehead atoms. The van der Waals surface area contributed by atoms with Crippen LogP contribution in [-0.2, 0) is 22.6 Å². The van der Waals surface area contributed by atoms with Gasteiger partial charge in [-0.15, -0.1) is 11.3 Å². The number of hydrogen-bond acceptors (Lipinski definition) is 5. The van der Waals surface area contributed by atoms with Gasteiger partial charge >= 0.3 is 12.1 Å². The molecule has 11 heteroatoms. The van der Waals surface area contributed by atoms with Crippen LogP contribution in [-0.4, -0.2) is 41.3 Å². The van der Waals surface area contributed by atoms with E-state index in [9.17, 15) is 26.4 Å². The summed E-state index contributed by atoms with van der Waals surface area (Å²) in [7, 11) is -3.38. The molecule has 0 fully saturated rings. The lowest BCUT2D eigenvalue weighted by Gasteiger charge is -2.03. The lowest BCUT2D eigenvalue weighted by atomic mass is 10.3. The molecule has 6 nitrogen and oxygen atoms in total. The second-order valence-corrected chi connectivity index (χ2v) is 7.62. The quantitative estimate of drug-likeness (QED) is 0.916. The van der Waals surface area contributed by atoms with E-state index in [1.807, 2.05) is 0 Å². The van der Waals surface area contributed by atoms with Gasteiger partial charge in [0.1, 0.15) is 19.5 Å². The van der Waals surface area contributed by atoms with Gasteiger partial charge < -0.3 is 5.11 Å². The normalized spacial score (nSPS) is 13.0. The van der Waals surface area contributed by atoms with Crippen molar-refractivity contribution in [1.29, 1.82) is 0 Å². The third-order valence-electron chi connectivity index (χ3n) is 2.58. The second kappa shape index (κ2) is 4.98. The maximum absolute atomic E-state index is 12.9. The van der Waals surface area contributed by atoms with Gasteiger partial charge in [0.2, 0.25) is 0 Å². The molecule has 0 saturated heterocycles. The maximum atomic E-state index is 12.9. The number of alkyl halides is 3. The molecule has 0 saturated carbocycles. The summed E-state index contributed by atoms with van der Waals surface area (Å²) in [5.74, 6) is -1.74. The fourth-order valence-electron chi connectivity index (χ4n) is 1.68. The molecule has 0 aliphatic heterocycles. The van der Waals surface area contributed by atoms with Crippen LogP contribution < -0.4 is 0 Å². The van der Waals surface area contributed by atoms with Crippen molar-refractivity contribution in [3.05, 3.63) is 16.6 Å². The zero-order valence-corrected chi connectivity index (χ0v) is 12.1. The average molecular weight is 342 g/mol. The summed E-state index contributed by atoms with van der Waals surface area (Å²) in [6.07, 6.45) is -3.79. The molecule has 1 N–H and O–H groups in total. The highest BCUT2D eigenvalue weighted by Gasteiger charge is 2.38. The Morgan fingerprint density at radius 2 is 2.10 bits per heavy atom. The second-order valence-electron chi connectivity index (χ2n) is 4.33. The first-order valence-electron chi connectivity index (χ1n) is 5.47. The third-order valence-corrected chi connectivity index (χ3v) is 4.64. The molecule has 0 aromatic carbocycles. The van der Waals surface area contributed by atoms with E-state index in [0.29, 0.717) is 11.3 Å². The van der Waals surface area contributed by atoms with Crippen molar-refractivity contribution in [2.45, 2.75) is 12.7 Å². The van der Waals surface area contributed by atoms with Gasteiger partial charge in [-0.3, -0.25) is 4.68 Å². The van der Waals surface area contributed by atoms with Crippen molar-refractivity contribution in [2.75, 3.05) is 12.0 Å². The summed E-state index contributed by atoms with van der Waals surface area (Å²) in [5, 5.41) is 11.9. The van der Waals surface area contributed by atoms with Gasteiger partial charge in [-0.2, -0.15) is 18.3 Å². The Labute approximate surface area is 120 Å². The topological polar surface area (TPSA) is 89.3 Å². The number of nitrogens with zero attached hydrogens (tertiary/aromatic N) is 2. The lowest BCUT2D eigenvalue weighted by molar-refractivity contribution is -0.140. The molecule has 0 atom stereocenters. The Bertz CT molecular complexity index is 804. The van der Waals surface area contributed by atoms with Crippen LogP contribution in [0.3, 0.4) is 0 Å². The Balaban J connectivity index is 2.57. The van der Waals surface area contributed by atoms with Crippen molar-refractivity contribution in [3.63, 3.8) is 0 Å². The van der Waals surface area contributed by atoms with Gasteiger partial charge in [-0.1, -0.05) is 0 Å². The number of halogens is 3. The molecule has 0 amide bonds. The van der Waals surface area contributed by atoms with Gasteiger partial charge in [-0.05, 0) is 6.07 Å². The van der Waals surface area contributed by atoms with Gasteiger partial charge in [0.15, 0.2) is 5.69 Å². The fourth-order valence-corrected chi connectivity index (χ4v) is 3.16. The summed E-state index contributed by atoms with van der Waals surface area (Å²) in [6, 6.07) is 0.898. The number of hydrogen-bond donors (Lipinski definition) is 1. The molecule has 0 aliphatic carbocycles. The zero-order chi connectivity index (χ0) is 16.0. The fraction of sp³-hybridized carbons (Fsp3) is 0.400. The van der Waals surface area contributed by atoms with Crippen LogP contribution in [0.1, 0.15) is 15.4 Å². The lowest BCUT2D eigenvalue weighted by Crippen LogP contribution is -2.13. The molecule has 2 aromatic rings. The number of aryl methyl sites for hydroxylation is 1. The van der Waals surface area contributed by atoms with Crippen molar-refractivity contribution >= 4 is 37.4 Å². The van der Waals surface area contributed by atoms with E-state index < -0.39 is 27.7 Å². The molecule has 2 aromatic heterocycles. The molecule has 2 rings (SSSR count). The number of carboxylic acids is 1. The Kier molecular flexibility index (Phi) is 3.74. The monoisotopic (exact) mass is 342 g/mol. The van der Waals surface area contributed by atoms with E-state index in [4.69, 9.17) is 5.11 Å². The first kappa shape index (κ1) is 15.8. The van der Waals surface area contributed by atoms with E-state index in [1.54, 1.807) is 0 Å². The number of fused-ring (bicyclic) bond motifs is 1. The summed E-state index contributed by atoms with van der Waals surface area (Å²) in [4.78, 5) is 10.6. The predicted octanol–water partition coefficient (Wildman–Crippen LogP) is 1.86. The van der Waals surface area contributed by atoms with Gasteiger partial charge in [0.25, 0.3) is 0 Å². The largest absolute Gasteiger partial charge is 0.477 e. The first-order chi connectivity index (χ1) is 9.49. The number of carbonyl (C=O) groups is 1. The van der Waals surface area contributed by atoms with Crippen molar-refractivity contribution in [3.8, 4) is 0 Å². The highest BCUT2D eigenvalue weighted by atomic mass is 32.2. The zero-order valence-electron chi connectivity index (χ0n) is 10.5. The van der Waals surface area contributed by atoms with Crippen molar-refractivity contribution in [1.82, 2.24) is 9.78 Å². The highest BCUT2D eigenvalue weighted by molar-refractivity contribution is 7.90. The molecule has 116 valence electrons. The first-order valence-corrected chi connectivity index (χ1v) is 8.35. The van der Waals surface area contributed by atoms with Gasteiger partial charge in [0.05, 0.1) is 12.3 Å². The van der Waals surface area contributed by atoms with Gasteiger partial charge in [-0.25, -0.2) is 13.2 Å². The van der Waals surface area contributed by atoms with Crippen molar-refractivity contribution < 1.29 is 31.5 Å². The standard InChI is InChI=1S/C10H9F3N2O4S2/c1-21(18,19)3-2-15-8-5(4-6(20-8)9(16)17)7(14-15)10(11,12)13/h4H,2-3H2,1H3,(H,16,17). The van der Waals surface area contributed by atoms with E-state index in [1.165, 1.54) is 0 Å². The third kappa shape index (κ3) is 3.35. The van der Waals surface area contributed by atoms with Crippen LogP contribution >= 0.6 is 11.3 Å². The summed E-state index contributed by atoms with van der Waals surface area (Å²) >= 11 is 0.626. The van der Waals surface area contributed by atoms with E-state index in [2.05, 4.69) is 5.10 Å². The maximum Gasteiger partial charge on any atom is 0.435 e. The van der Waals surface area contributed by atoms with Crippen LogP contribution in [0.4, 0.5) is 13.2 Å². The van der Waals surface area contributed by atoms with E-state index >= 15 is 0 Å². The smallest absolute Gasteiger partial charge is 0.435 e.